The molecular weight excluding hydrogens is 230 g/mol. The SMILES string of the molecule is CCC(C#N)C(O)c1ccc2c(c1)OCCCO2. The largest absolute Gasteiger partial charge is 0.490 e. The first-order valence-electron chi connectivity index (χ1n) is 6.23. The third-order valence-corrected chi connectivity index (χ3v) is 3.10. The molecule has 0 radical (unpaired) electrons. The molecule has 0 amide bonds. The average molecular weight is 247 g/mol. The second-order valence-electron chi connectivity index (χ2n) is 4.35. The van der Waals surface area contributed by atoms with Crippen LogP contribution < -0.4 is 9.47 Å². The number of ether oxygens (including phenoxy) is 2. The summed E-state index contributed by atoms with van der Waals surface area (Å²) in [5.41, 5.74) is 0.702. The number of hydrogen-bond acceptors (Lipinski definition) is 4. The summed E-state index contributed by atoms with van der Waals surface area (Å²) in [5.74, 6) is 0.958. The van der Waals surface area contributed by atoms with Crippen molar-refractivity contribution in [2.75, 3.05) is 13.2 Å². The van der Waals surface area contributed by atoms with Gasteiger partial charge in [-0.1, -0.05) is 13.0 Å². The van der Waals surface area contributed by atoms with Crippen molar-refractivity contribution < 1.29 is 14.6 Å². The fourth-order valence-electron chi connectivity index (χ4n) is 1.98. The molecule has 2 rings (SSSR count). The quantitative estimate of drug-likeness (QED) is 0.891. The van der Waals surface area contributed by atoms with E-state index in [1.807, 2.05) is 6.92 Å². The molecule has 0 spiro atoms. The highest BCUT2D eigenvalue weighted by molar-refractivity contribution is 5.44. The lowest BCUT2D eigenvalue weighted by molar-refractivity contribution is 0.132. The van der Waals surface area contributed by atoms with Crippen LogP contribution in [0.3, 0.4) is 0 Å². The molecule has 1 aromatic rings. The van der Waals surface area contributed by atoms with Crippen LogP contribution in [0.4, 0.5) is 0 Å². The highest BCUT2D eigenvalue weighted by Gasteiger charge is 2.21. The lowest BCUT2D eigenvalue weighted by Gasteiger charge is -2.17. The van der Waals surface area contributed by atoms with E-state index in [-0.39, 0.29) is 0 Å². The van der Waals surface area contributed by atoms with Gasteiger partial charge in [-0.05, 0) is 24.1 Å². The van der Waals surface area contributed by atoms with Crippen LogP contribution in [0.2, 0.25) is 0 Å². The number of nitrogens with zero attached hydrogens (tertiary/aromatic N) is 1. The van der Waals surface area contributed by atoms with Crippen LogP contribution in [0.25, 0.3) is 0 Å². The standard InChI is InChI=1S/C14H17NO3/c1-2-10(9-15)14(16)11-4-5-12-13(8-11)18-7-3-6-17-12/h4-5,8,10,14,16H,2-3,6-7H2,1H3. The van der Waals surface area contributed by atoms with Gasteiger partial charge in [0.15, 0.2) is 11.5 Å². The molecule has 4 heteroatoms. The van der Waals surface area contributed by atoms with Crippen LogP contribution in [0, 0.1) is 17.2 Å². The lowest BCUT2D eigenvalue weighted by atomic mass is 9.94. The summed E-state index contributed by atoms with van der Waals surface area (Å²) < 4.78 is 11.1. The molecule has 1 aromatic carbocycles. The zero-order valence-electron chi connectivity index (χ0n) is 10.4. The Labute approximate surface area is 107 Å². The van der Waals surface area contributed by atoms with Gasteiger partial charge in [0.2, 0.25) is 0 Å². The van der Waals surface area contributed by atoms with Crippen LogP contribution in [0.5, 0.6) is 11.5 Å². The second-order valence-corrected chi connectivity index (χ2v) is 4.35. The van der Waals surface area contributed by atoms with Crippen LogP contribution >= 0.6 is 0 Å². The Morgan fingerprint density at radius 2 is 2.06 bits per heavy atom. The van der Waals surface area contributed by atoms with Gasteiger partial charge >= 0.3 is 0 Å². The molecule has 96 valence electrons. The van der Waals surface area contributed by atoms with Crippen molar-refractivity contribution in [3.05, 3.63) is 23.8 Å². The molecule has 1 aliphatic heterocycles. The highest BCUT2D eigenvalue weighted by atomic mass is 16.5. The zero-order valence-corrected chi connectivity index (χ0v) is 10.4. The van der Waals surface area contributed by atoms with Gasteiger partial charge in [0.25, 0.3) is 0 Å². The molecule has 0 bridgehead atoms. The van der Waals surface area contributed by atoms with Crippen molar-refractivity contribution in [2.45, 2.75) is 25.9 Å². The molecule has 2 atom stereocenters. The van der Waals surface area contributed by atoms with Gasteiger partial charge in [-0.3, -0.25) is 0 Å². The van der Waals surface area contributed by atoms with E-state index in [1.165, 1.54) is 0 Å². The van der Waals surface area contributed by atoms with Gasteiger partial charge in [-0.2, -0.15) is 5.26 Å². The Balaban J connectivity index is 2.25. The summed E-state index contributed by atoms with van der Waals surface area (Å²) in [6, 6.07) is 7.47. The normalized spacial score (nSPS) is 17.4. The fraction of sp³-hybridized carbons (Fsp3) is 0.500. The van der Waals surface area contributed by atoms with E-state index in [0.29, 0.717) is 36.7 Å². The third kappa shape index (κ3) is 2.57. The van der Waals surface area contributed by atoms with Crippen molar-refractivity contribution in [2.24, 2.45) is 5.92 Å². The van der Waals surface area contributed by atoms with E-state index < -0.39 is 12.0 Å². The molecule has 1 aliphatic rings. The van der Waals surface area contributed by atoms with E-state index in [1.54, 1.807) is 18.2 Å². The Kier molecular flexibility index (Phi) is 4.06. The van der Waals surface area contributed by atoms with Crippen LogP contribution in [0.15, 0.2) is 18.2 Å². The Morgan fingerprint density at radius 3 is 2.72 bits per heavy atom. The summed E-state index contributed by atoms with van der Waals surface area (Å²) in [5, 5.41) is 19.1. The first-order valence-corrected chi connectivity index (χ1v) is 6.23. The van der Waals surface area contributed by atoms with E-state index in [0.717, 1.165) is 6.42 Å². The molecular formula is C14H17NO3. The number of fused-ring (bicyclic) bond motifs is 1. The van der Waals surface area contributed by atoms with E-state index in [9.17, 15) is 5.11 Å². The Hall–Kier alpha value is -1.73. The van der Waals surface area contributed by atoms with Gasteiger partial charge in [-0.15, -0.1) is 0 Å². The molecule has 1 N–H and O–H groups in total. The summed E-state index contributed by atoms with van der Waals surface area (Å²) in [6.45, 7) is 3.15. The summed E-state index contributed by atoms with van der Waals surface area (Å²) in [7, 11) is 0. The minimum absolute atomic E-state index is 0.394. The van der Waals surface area contributed by atoms with Gasteiger partial charge in [0.05, 0.1) is 31.3 Å². The Bertz CT molecular complexity index is 453. The van der Waals surface area contributed by atoms with Crippen LogP contribution in [0.1, 0.15) is 31.4 Å². The highest BCUT2D eigenvalue weighted by Crippen LogP contribution is 2.34. The smallest absolute Gasteiger partial charge is 0.161 e. The first-order chi connectivity index (χ1) is 8.76. The minimum Gasteiger partial charge on any atom is -0.490 e. The second kappa shape index (κ2) is 5.74. The van der Waals surface area contributed by atoms with Crippen molar-refractivity contribution in [1.29, 1.82) is 5.26 Å². The molecule has 18 heavy (non-hydrogen) atoms. The Morgan fingerprint density at radius 1 is 1.33 bits per heavy atom. The lowest BCUT2D eigenvalue weighted by Crippen LogP contribution is -2.10. The average Bonchev–Trinajstić information content (AvgIpc) is 2.64. The molecule has 0 aromatic heterocycles. The molecule has 1 heterocycles. The molecule has 0 saturated heterocycles. The maximum absolute atomic E-state index is 10.1. The van der Waals surface area contributed by atoms with E-state index in [2.05, 4.69) is 6.07 Å². The van der Waals surface area contributed by atoms with Gasteiger partial charge in [0.1, 0.15) is 0 Å². The molecule has 4 nitrogen and oxygen atoms in total. The maximum Gasteiger partial charge on any atom is 0.161 e. The van der Waals surface area contributed by atoms with Crippen molar-refractivity contribution in [3.63, 3.8) is 0 Å². The van der Waals surface area contributed by atoms with Crippen molar-refractivity contribution in [3.8, 4) is 17.6 Å². The number of aliphatic hydroxyl groups excluding tert-OH is 1. The zero-order chi connectivity index (χ0) is 13.0. The number of benzene rings is 1. The summed E-state index contributed by atoms with van der Waals surface area (Å²) >= 11 is 0. The van der Waals surface area contributed by atoms with E-state index in [4.69, 9.17) is 14.7 Å². The minimum atomic E-state index is -0.780. The molecule has 0 fully saturated rings. The van der Waals surface area contributed by atoms with E-state index >= 15 is 0 Å². The molecule has 0 aliphatic carbocycles. The third-order valence-electron chi connectivity index (χ3n) is 3.10. The topological polar surface area (TPSA) is 62.5 Å². The summed E-state index contributed by atoms with van der Waals surface area (Å²) in [6.07, 6.45) is 0.686. The number of hydrogen-bond donors (Lipinski definition) is 1. The predicted molar refractivity (Wildman–Crippen MR) is 66.4 cm³/mol. The van der Waals surface area contributed by atoms with Gasteiger partial charge in [0, 0.05) is 6.42 Å². The molecule has 2 unspecified atom stereocenters. The number of aliphatic hydroxyl groups is 1. The summed E-state index contributed by atoms with van der Waals surface area (Å²) in [4.78, 5) is 0. The van der Waals surface area contributed by atoms with Gasteiger partial charge < -0.3 is 14.6 Å². The number of nitriles is 1. The molecule has 0 saturated carbocycles. The van der Waals surface area contributed by atoms with Crippen molar-refractivity contribution in [1.82, 2.24) is 0 Å². The van der Waals surface area contributed by atoms with Gasteiger partial charge in [-0.25, -0.2) is 0 Å². The van der Waals surface area contributed by atoms with Crippen molar-refractivity contribution >= 4 is 0 Å². The fourth-order valence-corrected chi connectivity index (χ4v) is 1.98. The number of rotatable bonds is 3. The first kappa shape index (κ1) is 12.7. The van der Waals surface area contributed by atoms with Crippen LogP contribution in [-0.2, 0) is 0 Å². The maximum atomic E-state index is 10.1. The monoisotopic (exact) mass is 247 g/mol. The van der Waals surface area contributed by atoms with Crippen LogP contribution in [-0.4, -0.2) is 18.3 Å². The predicted octanol–water partition coefficient (Wildman–Crippen LogP) is 2.43.